The third kappa shape index (κ3) is 4.10. The normalized spacial score (nSPS) is 16.8. The molecular formula is C14H26N4. The second-order valence-corrected chi connectivity index (χ2v) is 5.50. The summed E-state index contributed by atoms with van der Waals surface area (Å²) in [5, 5.41) is 7.84. The Morgan fingerprint density at radius 1 is 1.33 bits per heavy atom. The molecule has 2 heterocycles. The van der Waals surface area contributed by atoms with Crippen LogP contribution in [0.3, 0.4) is 0 Å². The molecule has 1 aromatic rings. The minimum absolute atomic E-state index is 0.453. The Morgan fingerprint density at radius 3 is 2.78 bits per heavy atom. The van der Waals surface area contributed by atoms with E-state index < -0.39 is 0 Å². The molecule has 0 unspecified atom stereocenters. The largest absolute Gasteiger partial charge is 0.313 e. The maximum absolute atomic E-state index is 4.35. The van der Waals surface area contributed by atoms with Crippen LogP contribution in [0.1, 0.15) is 44.7 Å². The number of aromatic nitrogens is 2. The van der Waals surface area contributed by atoms with Gasteiger partial charge in [-0.1, -0.05) is 0 Å². The van der Waals surface area contributed by atoms with Gasteiger partial charge in [0.15, 0.2) is 0 Å². The molecule has 4 heteroatoms. The van der Waals surface area contributed by atoms with Crippen molar-refractivity contribution in [3.63, 3.8) is 0 Å². The smallest absolute Gasteiger partial charge is 0.0534 e. The van der Waals surface area contributed by atoms with Crippen LogP contribution in [0.5, 0.6) is 0 Å². The highest BCUT2D eigenvalue weighted by Gasteiger charge is 2.09. The lowest BCUT2D eigenvalue weighted by Gasteiger charge is -2.14. The molecule has 1 aliphatic heterocycles. The molecule has 0 spiro atoms. The van der Waals surface area contributed by atoms with Crippen LogP contribution < -0.4 is 5.32 Å². The first-order valence-electron chi connectivity index (χ1n) is 7.22. The van der Waals surface area contributed by atoms with E-state index in [0.717, 1.165) is 13.1 Å². The average Bonchev–Trinajstić information content (AvgIpc) is 2.98. The molecule has 1 fully saturated rings. The topological polar surface area (TPSA) is 33.1 Å². The molecule has 0 aromatic carbocycles. The summed E-state index contributed by atoms with van der Waals surface area (Å²) >= 11 is 0. The van der Waals surface area contributed by atoms with Crippen molar-refractivity contribution in [2.75, 3.05) is 26.2 Å². The maximum Gasteiger partial charge on any atom is 0.0534 e. The summed E-state index contributed by atoms with van der Waals surface area (Å²) in [6.07, 6.45) is 8.13. The third-order valence-corrected chi connectivity index (χ3v) is 3.54. The molecule has 102 valence electrons. The highest BCUT2D eigenvalue weighted by Crippen LogP contribution is 2.07. The van der Waals surface area contributed by atoms with Gasteiger partial charge in [0.05, 0.1) is 6.20 Å². The van der Waals surface area contributed by atoms with Crippen molar-refractivity contribution in [3.05, 3.63) is 18.0 Å². The predicted octanol–water partition coefficient (Wildman–Crippen LogP) is 2.04. The van der Waals surface area contributed by atoms with Gasteiger partial charge in [-0.25, -0.2) is 0 Å². The Balaban J connectivity index is 1.56. The zero-order valence-electron chi connectivity index (χ0n) is 11.7. The number of nitrogens with one attached hydrogen (secondary N) is 1. The van der Waals surface area contributed by atoms with Crippen LogP contribution in [-0.4, -0.2) is 40.9 Å². The van der Waals surface area contributed by atoms with Crippen molar-refractivity contribution < 1.29 is 0 Å². The SMILES string of the molecule is CC(C)n1cc(CNCCCN2CCCC2)cn1. The van der Waals surface area contributed by atoms with Crippen molar-refractivity contribution in [3.8, 4) is 0 Å². The minimum atomic E-state index is 0.453. The fourth-order valence-corrected chi connectivity index (χ4v) is 2.42. The fourth-order valence-electron chi connectivity index (χ4n) is 2.42. The molecule has 0 aliphatic carbocycles. The van der Waals surface area contributed by atoms with Gasteiger partial charge in [-0.3, -0.25) is 4.68 Å². The summed E-state index contributed by atoms with van der Waals surface area (Å²) in [5.41, 5.74) is 1.28. The number of hydrogen-bond donors (Lipinski definition) is 1. The van der Waals surface area contributed by atoms with E-state index in [0.29, 0.717) is 6.04 Å². The van der Waals surface area contributed by atoms with E-state index in [-0.39, 0.29) is 0 Å². The van der Waals surface area contributed by atoms with E-state index in [1.165, 1.54) is 44.5 Å². The second kappa shape index (κ2) is 6.90. The molecule has 18 heavy (non-hydrogen) atoms. The Bertz CT molecular complexity index is 339. The van der Waals surface area contributed by atoms with Crippen LogP contribution >= 0.6 is 0 Å². The Hall–Kier alpha value is -0.870. The lowest BCUT2D eigenvalue weighted by Crippen LogP contribution is -2.24. The molecular weight excluding hydrogens is 224 g/mol. The van der Waals surface area contributed by atoms with E-state index in [9.17, 15) is 0 Å². The molecule has 0 radical (unpaired) electrons. The zero-order chi connectivity index (χ0) is 12.8. The van der Waals surface area contributed by atoms with Crippen LogP contribution in [0.4, 0.5) is 0 Å². The molecule has 0 bridgehead atoms. The van der Waals surface area contributed by atoms with Gasteiger partial charge in [0.25, 0.3) is 0 Å². The quantitative estimate of drug-likeness (QED) is 0.752. The lowest BCUT2D eigenvalue weighted by molar-refractivity contribution is 0.331. The van der Waals surface area contributed by atoms with Gasteiger partial charge in [-0.05, 0) is 59.3 Å². The summed E-state index contributed by atoms with van der Waals surface area (Å²) in [6.45, 7) is 10.2. The van der Waals surface area contributed by atoms with Crippen molar-refractivity contribution in [1.82, 2.24) is 20.0 Å². The van der Waals surface area contributed by atoms with Crippen molar-refractivity contribution in [2.45, 2.75) is 45.7 Å². The van der Waals surface area contributed by atoms with Gasteiger partial charge in [0.1, 0.15) is 0 Å². The van der Waals surface area contributed by atoms with Crippen LogP contribution in [0.25, 0.3) is 0 Å². The first-order valence-corrected chi connectivity index (χ1v) is 7.22. The van der Waals surface area contributed by atoms with Crippen molar-refractivity contribution >= 4 is 0 Å². The Kier molecular flexibility index (Phi) is 5.20. The van der Waals surface area contributed by atoms with Gasteiger partial charge in [-0.15, -0.1) is 0 Å². The molecule has 1 saturated heterocycles. The number of likely N-dealkylation sites (tertiary alicyclic amines) is 1. The first-order chi connectivity index (χ1) is 8.75. The van der Waals surface area contributed by atoms with Gasteiger partial charge in [-0.2, -0.15) is 5.10 Å². The van der Waals surface area contributed by atoms with Crippen molar-refractivity contribution in [2.24, 2.45) is 0 Å². The summed E-state index contributed by atoms with van der Waals surface area (Å²) < 4.78 is 2.02. The fraction of sp³-hybridized carbons (Fsp3) is 0.786. The summed E-state index contributed by atoms with van der Waals surface area (Å²) in [4.78, 5) is 2.57. The molecule has 0 saturated carbocycles. The summed E-state index contributed by atoms with van der Waals surface area (Å²) in [5.74, 6) is 0. The number of nitrogens with zero attached hydrogens (tertiary/aromatic N) is 3. The van der Waals surface area contributed by atoms with Crippen LogP contribution in [0, 0.1) is 0 Å². The van der Waals surface area contributed by atoms with E-state index in [2.05, 4.69) is 35.4 Å². The predicted molar refractivity (Wildman–Crippen MR) is 74.6 cm³/mol. The number of rotatable bonds is 7. The summed E-state index contributed by atoms with van der Waals surface area (Å²) in [7, 11) is 0. The van der Waals surface area contributed by atoms with Crippen LogP contribution in [0.2, 0.25) is 0 Å². The molecule has 1 N–H and O–H groups in total. The second-order valence-electron chi connectivity index (χ2n) is 5.50. The molecule has 1 aromatic heterocycles. The number of hydrogen-bond acceptors (Lipinski definition) is 3. The van der Waals surface area contributed by atoms with E-state index in [1.54, 1.807) is 0 Å². The monoisotopic (exact) mass is 250 g/mol. The summed E-state index contributed by atoms with van der Waals surface area (Å²) in [6, 6.07) is 0.453. The Morgan fingerprint density at radius 2 is 2.11 bits per heavy atom. The highest BCUT2D eigenvalue weighted by atomic mass is 15.3. The standard InChI is InChI=1S/C14H26N4/c1-13(2)18-12-14(11-16-18)10-15-6-5-9-17-7-3-4-8-17/h11-13,15H,3-10H2,1-2H3. The van der Waals surface area contributed by atoms with Gasteiger partial charge in [0.2, 0.25) is 0 Å². The molecule has 2 rings (SSSR count). The van der Waals surface area contributed by atoms with Crippen LogP contribution in [0.15, 0.2) is 12.4 Å². The van der Waals surface area contributed by atoms with Gasteiger partial charge >= 0.3 is 0 Å². The molecule has 4 nitrogen and oxygen atoms in total. The van der Waals surface area contributed by atoms with Gasteiger partial charge in [0, 0.05) is 24.3 Å². The van der Waals surface area contributed by atoms with Gasteiger partial charge < -0.3 is 10.2 Å². The van der Waals surface area contributed by atoms with Crippen molar-refractivity contribution in [1.29, 1.82) is 0 Å². The molecule has 0 atom stereocenters. The van der Waals surface area contributed by atoms with Crippen LogP contribution in [-0.2, 0) is 6.54 Å². The minimum Gasteiger partial charge on any atom is -0.313 e. The molecule has 1 aliphatic rings. The lowest BCUT2D eigenvalue weighted by atomic mass is 10.3. The Labute approximate surface area is 110 Å². The average molecular weight is 250 g/mol. The third-order valence-electron chi connectivity index (χ3n) is 3.54. The molecule has 0 amide bonds. The van der Waals surface area contributed by atoms with E-state index in [4.69, 9.17) is 0 Å². The highest BCUT2D eigenvalue weighted by molar-refractivity contribution is 5.03. The zero-order valence-corrected chi connectivity index (χ0v) is 11.7. The maximum atomic E-state index is 4.35. The van der Waals surface area contributed by atoms with E-state index in [1.807, 2.05) is 10.9 Å². The first kappa shape index (κ1) is 13.6. The van der Waals surface area contributed by atoms with E-state index >= 15 is 0 Å².